The smallest absolute Gasteiger partial charge is 0.0544 e. The maximum Gasteiger partial charge on any atom is 0.0544 e. The number of hydrogen-bond acceptors (Lipinski definition) is 0. The van der Waals surface area contributed by atoms with Gasteiger partial charge in [0, 0.05) is 76.7 Å². The van der Waals surface area contributed by atoms with E-state index >= 15 is 0 Å². The molecule has 0 N–H and O–H groups in total. The van der Waals surface area contributed by atoms with Gasteiger partial charge in [0.25, 0.3) is 0 Å². The second kappa shape index (κ2) is 23.6. The van der Waals surface area contributed by atoms with E-state index in [0.29, 0.717) is 0 Å². The van der Waals surface area contributed by atoms with Crippen molar-refractivity contribution in [2.75, 3.05) is 0 Å². The van der Waals surface area contributed by atoms with Gasteiger partial charge in [-0.2, -0.15) is 0 Å². The number of fused-ring (bicyclic) bond motifs is 18. The molecule has 106 heavy (non-hydrogen) atoms. The van der Waals surface area contributed by atoms with E-state index in [2.05, 4.69) is 410 Å². The van der Waals surface area contributed by atoms with Gasteiger partial charge in [-0.25, -0.2) is 0 Å². The molecule has 4 heteroatoms. The van der Waals surface area contributed by atoms with E-state index in [1.165, 1.54) is 193 Å². The van der Waals surface area contributed by atoms with Crippen LogP contribution in [0, 0.1) is 0 Å². The van der Waals surface area contributed by atoms with Crippen molar-refractivity contribution in [3.63, 3.8) is 0 Å². The highest BCUT2D eigenvalue weighted by Gasteiger charge is 2.38. The molecule has 4 nitrogen and oxygen atoms in total. The normalized spacial score (nSPS) is 13.2. The molecule has 0 spiro atoms. The third-order valence-electron chi connectivity index (χ3n) is 23.4. The Morgan fingerprint density at radius 2 is 0.434 bits per heavy atom. The molecule has 16 aromatic carbocycles. The van der Waals surface area contributed by atoms with Crippen molar-refractivity contribution >= 4 is 87.2 Å². The second-order valence-corrected chi connectivity index (χ2v) is 30.0. The SMILES string of the molecule is CC1(C)c2ccccc2-c2cc3c4cc(-c5ccc6c(c5)c5ccccc5n6-c5cccc(-c6ccccc6)c5)ccc4n(-c4ccccc4)c3cc21.CC1(C)c2ccccc2-c2cc3c4cc(-c5ccc6c(c5)c5ccccc5n6-c5ccccc5)ccc4n(-c4cccc(-c5ccccc5)c4)c3cc21. The van der Waals surface area contributed by atoms with Gasteiger partial charge in [0.15, 0.2) is 0 Å². The van der Waals surface area contributed by atoms with E-state index in [-0.39, 0.29) is 10.8 Å². The van der Waals surface area contributed by atoms with Crippen molar-refractivity contribution < 1.29 is 0 Å². The lowest BCUT2D eigenvalue weighted by Gasteiger charge is -2.21. The molecule has 2 aliphatic rings. The summed E-state index contributed by atoms with van der Waals surface area (Å²) in [4.78, 5) is 0. The van der Waals surface area contributed by atoms with Gasteiger partial charge in [0.1, 0.15) is 0 Å². The molecule has 0 saturated carbocycles. The Morgan fingerprint density at radius 1 is 0.160 bits per heavy atom. The number of rotatable bonds is 8. The van der Waals surface area contributed by atoms with Crippen LogP contribution in [0.4, 0.5) is 0 Å². The summed E-state index contributed by atoms with van der Waals surface area (Å²) in [5, 5.41) is 10.1. The monoisotopic (exact) mass is 1350 g/mol. The largest absolute Gasteiger partial charge is 0.309 e. The fraction of sp³-hybridized carbons (Fsp3) is 0.0588. The predicted octanol–water partition coefficient (Wildman–Crippen LogP) is 27.0. The van der Waals surface area contributed by atoms with Gasteiger partial charge in [-0.15, -0.1) is 0 Å². The molecule has 20 aromatic rings. The Hall–Kier alpha value is -13.3. The maximum atomic E-state index is 2.48. The highest BCUT2D eigenvalue weighted by molar-refractivity contribution is 6.16. The van der Waals surface area contributed by atoms with E-state index in [9.17, 15) is 0 Å². The third kappa shape index (κ3) is 9.40. The summed E-state index contributed by atoms with van der Waals surface area (Å²) in [6.45, 7) is 9.47. The van der Waals surface area contributed by atoms with E-state index < -0.39 is 0 Å². The molecule has 4 heterocycles. The third-order valence-corrected chi connectivity index (χ3v) is 23.4. The second-order valence-electron chi connectivity index (χ2n) is 30.0. The topological polar surface area (TPSA) is 19.7 Å². The van der Waals surface area contributed by atoms with Crippen molar-refractivity contribution in [1.82, 2.24) is 18.3 Å². The van der Waals surface area contributed by atoms with Crippen molar-refractivity contribution in [3.05, 3.63) is 386 Å². The Kier molecular flexibility index (Phi) is 13.7. The number of nitrogens with zero attached hydrogens (tertiary/aromatic N) is 4. The van der Waals surface area contributed by atoms with Gasteiger partial charge in [-0.05, 0) is 222 Å². The average molecular weight is 1350 g/mol. The number of aromatic nitrogens is 4. The highest BCUT2D eigenvalue weighted by atomic mass is 15.0. The Balaban J connectivity index is 0.000000136. The fourth-order valence-corrected chi connectivity index (χ4v) is 18.3. The van der Waals surface area contributed by atoms with Crippen LogP contribution in [-0.4, -0.2) is 18.3 Å². The zero-order valence-corrected chi connectivity index (χ0v) is 59.4. The van der Waals surface area contributed by atoms with Crippen LogP contribution >= 0.6 is 0 Å². The van der Waals surface area contributed by atoms with Gasteiger partial charge in [-0.3, -0.25) is 0 Å². The molecule has 0 saturated heterocycles. The first kappa shape index (κ1) is 61.4. The van der Waals surface area contributed by atoms with Gasteiger partial charge in [0.2, 0.25) is 0 Å². The van der Waals surface area contributed by atoms with Crippen LogP contribution in [0.15, 0.2) is 364 Å². The molecule has 0 radical (unpaired) electrons. The molecule has 500 valence electrons. The van der Waals surface area contributed by atoms with Gasteiger partial charge in [-0.1, -0.05) is 258 Å². The van der Waals surface area contributed by atoms with E-state index in [1.54, 1.807) is 0 Å². The summed E-state index contributed by atoms with van der Waals surface area (Å²) in [7, 11) is 0. The van der Waals surface area contributed by atoms with Crippen LogP contribution in [0.1, 0.15) is 49.9 Å². The first-order chi connectivity index (χ1) is 52.1. The molecular weight excluding hydrogens is 1280 g/mol. The molecule has 0 fully saturated rings. The fourth-order valence-electron chi connectivity index (χ4n) is 18.3. The van der Waals surface area contributed by atoms with Crippen molar-refractivity contribution in [2.45, 2.75) is 38.5 Å². The summed E-state index contributed by atoms with van der Waals surface area (Å²) in [5.74, 6) is 0. The molecule has 0 unspecified atom stereocenters. The highest BCUT2D eigenvalue weighted by Crippen LogP contribution is 2.54. The number of hydrogen-bond donors (Lipinski definition) is 0. The van der Waals surface area contributed by atoms with Gasteiger partial charge in [0.05, 0.1) is 44.1 Å². The lowest BCUT2D eigenvalue weighted by Crippen LogP contribution is -2.14. The first-order valence-corrected chi connectivity index (χ1v) is 37.0. The molecule has 0 atom stereocenters. The Labute approximate surface area is 615 Å². The van der Waals surface area contributed by atoms with Crippen LogP contribution in [0.25, 0.3) is 177 Å². The van der Waals surface area contributed by atoms with Crippen LogP contribution in [0.3, 0.4) is 0 Å². The summed E-state index contributed by atoms with van der Waals surface area (Å²) in [6, 6.07) is 134. The Morgan fingerprint density at radius 3 is 0.840 bits per heavy atom. The minimum atomic E-state index is -0.0905. The minimum absolute atomic E-state index is 0.0687. The molecule has 2 aliphatic carbocycles. The molecular formula is C102H72N4. The first-order valence-electron chi connectivity index (χ1n) is 37.0. The summed E-state index contributed by atoms with van der Waals surface area (Å²) >= 11 is 0. The van der Waals surface area contributed by atoms with E-state index in [4.69, 9.17) is 0 Å². The van der Waals surface area contributed by atoms with Crippen LogP contribution in [0.5, 0.6) is 0 Å². The predicted molar refractivity (Wildman–Crippen MR) is 447 cm³/mol. The molecule has 4 aromatic heterocycles. The van der Waals surface area contributed by atoms with Crippen molar-refractivity contribution in [3.8, 4) is 89.5 Å². The number of para-hydroxylation sites is 4. The summed E-state index contributed by atoms with van der Waals surface area (Å²) in [5.41, 5.74) is 35.0. The van der Waals surface area contributed by atoms with Crippen LogP contribution in [0.2, 0.25) is 0 Å². The molecule has 0 amide bonds. The van der Waals surface area contributed by atoms with E-state index in [0.717, 1.165) is 5.69 Å². The lowest BCUT2D eigenvalue weighted by molar-refractivity contribution is 0.661. The average Bonchev–Trinajstić information content (AvgIpc) is 1.55. The minimum Gasteiger partial charge on any atom is -0.309 e. The molecule has 22 rings (SSSR count). The lowest BCUT2D eigenvalue weighted by atomic mass is 9.82. The summed E-state index contributed by atoms with van der Waals surface area (Å²) < 4.78 is 9.73. The molecule has 0 bridgehead atoms. The van der Waals surface area contributed by atoms with Crippen molar-refractivity contribution in [2.24, 2.45) is 0 Å². The molecule has 0 aliphatic heterocycles. The van der Waals surface area contributed by atoms with E-state index in [1.807, 2.05) is 0 Å². The zero-order valence-electron chi connectivity index (χ0n) is 59.4. The van der Waals surface area contributed by atoms with Gasteiger partial charge >= 0.3 is 0 Å². The quantitative estimate of drug-likeness (QED) is 0.144. The van der Waals surface area contributed by atoms with Crippen LogP contribution < -0.4 is 0 Å². The Bertz CT molecular complexity index is 6980. The van der Waals surface area contributed by atoms with Crippen molar-refractivity contribution in [1.29, 1.82) is 0 Å². The summed E-state index contributed by atoms with van der Waals surface area (Å²) in [6.07, 6.45) is 0. The maximum absolute atomic E-state index is 2.48. The zero-order chi connectivity index (χ0) is 70.5. The van der Waals surface area contributed by atoms with Gasteiger partial charge < -0.3 is 18.3 Å². The standard InChI is InChI=1S/2C51H36N2/c1-51(2)45-22-11-9-20-39(45)41-31-44-43-30-36(25-27-49(43)52(50(44)32-46(41)51)37-17-7-4-8-18-37)35-24-26-48-42(29-35)40-21-10-12-23-47(40)53(48)38-19-13-16-34(28-38)33-14-5-3-6-15-33;1-51(2)45-22-11-9-20-39(45)41-31-44-43-30-36(35-24-26-48-42(29-35)40-21-10-12-23-47(40)52(48)37-17-7-4-8-18-37)25-27-49(43)53(50(44)32-46(41)51)38-19-13-16-34(28-38)33-14-5-3-6-15-33/h2*3-32H,1-2H3. The number of benzene rings is 16. The van der Waals surface area contributed by atoms with Crippen LogP contribution in [-0.2, 0) is 10.8 Å².